The maximum absolute atomic E-state index is 15.0. The predicted octanol–water partition coefficient (Wildman–Crippen LogP) is -3.96. The first-order chi connectivity index (χ1) is 52.6. The van der Waals surface area contributed by atoms with Crippen LogP contribution < -0.4 is 81.4 Å². The molecule has 1 aromatic carbocycles. The molecular weight excluding hydrogens is 1450 g/mol. The number of carbonyl (C=O) groups is 15. The van der Waals surface area contributed by atoms with E-state index in [0.29, 0.717) is 43.5 Å². The number of carboxylic acids is 3. The number of carbonyl (C=O) groups excluding carboxylic acids is 12. The highest BCUT2D eigenvalue weighted by Gasteiger charge is 2.44. The molecule has 12 amide bonds. The van der Waals surface area contributed by atoms with Gasteiger partial charge in [-0.1, -0.05) is 78.3 Å². The standard InChI is InChI=1S/C72H116N20O19/c1-39(2)31-48(84-63(102)49(33-42-17-8-7-9-18-42)85-60(99)46(24-25-56(94)95)81-59(98)44(75)19-10-12-26-73)62(101)88-52(34-43-36-78-38-80-43)70(109)92-30-16-23-55(92)67(106)89-53(37-93)65(104)82-45(20-11-13-27-74)61(100)90-58(41(5)6)68(107)86-50(35-57(96)97)64(103)87-51(32-40(3)4)69(108)91-29-15-22-54(91)66(105)83-47(71(110)111)21-14-28-79-72(76)77/h7-9,17-18,36,38-41,44-55,58,93H,10-16,19-35,37,73-75H2,1-6H3,(H,78,80)(H,81,98)(H,82,104)(H,83,105)(H,84,102)(H,85,99)(H,86,107)(H,87,103)(H,88,101)(H,89,106)(H,90,100)(H,94,95)(H,96,97)(H,110,111)(H4,76,77,79)/t44-,45-,46-,47-,48-,49-,50-,51-,52-,53-,54-,55-,58-/m0/s1. The summed E-state index contributed by atoms with van der Waals surface area (Å²) < 4.78 is 0. The molecule has 618 valence electrons. The monoisotopic (exact) mass is 1560 g/mol. The van der Waals surface area contributed by atoms with Crippen molar-refractivity contribution in [1.82, 2.24) is 78.3 Å². The van der Waals surface area contributed by atoms with E-state index in [4.69, 9.17) is 28.3 Å². The van der Waals surface area contributed by atoms with E-state index in [0.717, 1.165) is 0 Å². The highest BCUT2D eigenvalue weighted by atomic mass is 16.4. The number of nitrogens with one attached hydrogen (secondary N) is 13. The fourth-order valence-electron chi connectivity index (χ4n) is 12.8. The van der Waals surface area contributed by atoms with Crippen LogP contribution in [0.4, 0.5) is 0 Å². The quantitative estimate of drug-likeness (QED) is 0.0171. The van der Waals surface area contributed by atoms with Crippen LogP contribution in [-0.2, 0) is 84.8 Å². The lowest BCUT2D eigenvalue weighted by atomic mass is 9.99. The van der Waals surface area contributed by atoms with E-state index in [1.54, 1.807) is 58.0 Å². The molecule has 39 nitrogen and oxygen atoms in total. The maximum atomic E-state index is 15.0. The molecule has 0 aliphatic carbocycles. The summed E-state index contributed by atoms with van der Waals surface area (Å²) in [4.78, 5) is 217. The molecule has 25 N–H and O–H groups in total. The summed E-state index contributed by atoms with van der Waals surface area (Å²) in [7, 11) is 0. The number of nitrogens with zero attached hydrogens (tertiary/aromatic N) is 3. The number of nitrogens with two attached hydrogens (primary N) is 4. The van der Waals surface area contributed by atoms with Gasteiger partial charge in [-0.05, 0) is 126 Å². The number of aliphatic carboxylic acids is 3. The number of guanidine groups is 1. The Bertz CT molecular complexity index is 3460. The van der Waals surface area contributed by atoms with Gasteiger partial charge in [-0.2, -0.15) is 0 Å². The average molecular weight is 1570 g/mol. The normalized spacial score (nSPS) is 17.0. The van der Waals surface area contributed by atoms with Gasteiger partial charge in [0.05, 0.1) is 25.4 Å². The van der Waals surface area contributed by atoms with Crippen molar-refractivity contribution in [2.24, 2.45) is 40.7 Å². The number of likely N-dealkylation sites (tertiary alicyclic amines) is 2. The SMILES string of the molecule is CC(C)C[C@H](NC(=O)[C@H](Cc1ccccc1)NC(=O)[C@H](CCC(=O)O)NC(=O)[C@@H](N)CCCCN)C(=O)N[C@@H](Cc1cnc[nH]1)C(=O)N1CCC[C@H]1C(=O)N[C@@H](CO)C(=O)N[C@@H](CCCCN)C(=O)N[C@H](C(=O)N[C@@H](CC(=O)O)C(=O)N[C@@H](CC(C)C)C(=O)N1CCC[C@H]1C(=O)N[C@@H](CCCNC(=N)N)C(=O)O)C(C)C. The van der Waals surface area contributed by atoms with Gasteiger partial charge in [0.15, 0.2) is 5.96 Å². The van der Waals surface area contributed by atoms with Gasteiger partial charge in [0.1, 0.15) is 72.5 Å². The third kappa shape index (κ3) is 31.8. The third-order valence-corrected chi connectivity index (χ3v) is 18.7. The molecule has 0 saturated carbocycles. The number of aliphatic hydroxyl groups excluding tert-OH is 1. The Morgan fingerprint density at radius 1 is 0.532 bits per heavy atom. The van der Waals surface area contributed by atoms with E-state index in [1.165, 1.54) is 36.2 Å². The van der Waals surface area contributed by atoms with Gasteiger partial charge < -0.3 is 117 Å². The zero-order chi connectivity index (χ0) is 82.6. The van der Waals surface area contributed by atoms with Crippen molar-refractivity contribution in [3.8, 4) is 0 Å². The molecule has 0 spiro atoms. The fraction of sp³-hybridized carbons (Fsp3) is 0.653. The number of amides is 12. The molecule has 0 unspecified atom stereocenters. The second-order valence-electron chi connectivity index (χ2n) is 29.1. The van der Waals surface area contributed by atoms with Gasteiger partial charge in [-0.3, -0.25) is 72.5 Å². The maximum Gasteiger partial charge on any atom is 0.326 e. The zero-order valence-corrected chi connectivity index (χ0v) is 64.0. The average Bonchev–Trinajstić information content (AvgIpc) is 1.75. The lowest BCUT2D eigenvalue weighted by molar-refractivity contribution is -0.145. The second-order valence-corrected chi connectivity index (χ2v) is 29.1. The van der Waals surface area contributed by atoms with E-state index in [1.807, 2.05) is 0 Å². The largest absolute Gasteiger partial charge is 0.481 e. The Morgan fingerprint density at radius 2 is 1.01 bits per heavy atom. The van der Waals surface area contributed by atoms with Crippen LogP contribution in [0.15, 0.2) is 42.9 Å². The van der Waals surface area contributed by atoms with E-state index in [9.17, 15) is 92.3 Å². The lowest BCUT2D eigenvalue weighted by Gasteiger charge is -2.31. The van der Waals surface area contributed by atoms with Crippen LogP contribution in [0.5, 0.6) is 0 Å². The Morgan fingerprint density at radius 3 is 1.55 bits per heavy atom. The van der Waals surface area contributed by atoms with Gasteiger partial charge in [-0.25, -0.2) is 9.78 Å². The van der Waals surface area contributed by atoms with Crippen LogP contribution in [0.25, 0.3) is 0 Å². The molecule has 2 saturated heterocycles. The number of benzene rings is 1. The van der Waals surface area contributed by atoms with Crippen molar-refractivity contribution < 1.29 is 92.3 Å². The third-order valence-electron chi connectivity index (χ3n) is 18.7. The van der Waals surface area contributed by atoms with Gasteiger partial charge >= 0.3 is 17.9 Å². The van der Waals surface area contributed by atoms with Crippen LogP contribution in [-0.4, -0.2) is 253 Å². The molecular formula is C72H116N20O19. The van der Waals surface area contributed by atoms with Crippen molar-refractivity contribution in [3.05, 3.63) is 54.1 Å². The van der Waals surface area contributed by atoms with Gasteiger partial charge in [0.25, 0.3) is 0 Å². The van der Waals surface area contributed by atoms with E-state index in [-0.39, 0.29) is 127 Å². The van der Waals surface area contributed by atoms with Gasteiger partial charge in [-0.15, -0.1) is 0 Å². The van der Waals surface area contributed by atoms with E-state index >= 15 is 0 Å². The van der Waals surface area contributed by atoms with Gasteiger partial charge in [0.2, 0.25) is 70.9 Å². The number of aliphatic hydroxyl groups is 1. The topological polar surface area (TPSA) is 632 Å². The van der Waals surface area contributed by atoms with E-state index in [2.05, 4.69) is 68.5 Å². The number of unbranched alkanes of at least 4 members (excludes halogenated alkanes) is 2. The summed E-state index contributed by atoms with van der Waals surface area (Å²) in [6.07, 6.45) is 3.02. The minimum absolute atomic E-state index is 0.0161. The molecule has 39 heteroatoms. The molecule has 3 heterocycles. The molecule has 2 aliphatic rings. The molecule has 0 bridgehead atoms. The Hall–Kier alpha value is -10.4. The number of imidazole rings is 1. The van der Waals surface area contributed by atoms with Gasteiger partial charge in [0, 0.05) is 50.8 Å². The fourth-order valence-corrected chi connectivity index (χ4v) is 12.8. The highest BCUT2D eigenvalue weighted by Crippen LogP contribution is 2.24. The lowest BCUT2D eigenvalue weighted by Crippen LogP contribution is -2.62. The predicted molar refractivity (Wildman–Crippen MR) is 402 cm³/mol. The summed E-state index contributed by atoms with van der Waals surface area (Å²) in [5.41, 5.74) is 23.7. The minimum atomic E-state index is -1.87. The summed E-state index contributed by atoms with van der Waals surface area (Å²) in [5.74, 6) is -16.6. The molecule has 13 atom stereocenters. The number of H-pyrrole nitrogens is 1. The van der Waals surface area contributed by atoms with Crippen LogP contribution in [0.1, 0.15) is 162 Å². The van der Waals surface area contributed by atoms with Crippen LogP contribution in [0, 0.1) is 23.2 Å². The van der Waals surface area contributed by atoms with Crippen LogP contribution in [0.2, 0.25) is 0 Å². The van der Waals surface area contributed by atoms with Crippen LogP contribution >= 0.6 is 0 Å². The van der Waals surface area contributed by atoms with Crippen molar-refractivity contribution in [2.75, 3.05) is 39.3 Å². The van der Waals surface area contributed by atoms with Crippen molar-refractivity contribution in [2.45, 2.75) is 242 Å². The second kappa shape index (κ2) is 47.6. The number of aromatic nitrogens is 2. The number of hydrogen-bond donors (Lipinski definition) is 21. The van der Waals surface area contributed by atoms with Crippen molar-refractivity contribution >= 4 is 94.8 Å². The number of carboxylic acid groups (broad SMARTS) is 3. The molecule has 2 fully saturated rings. The molecule has 4 rings (SSSR count). The first kappa shape index (κ1) is 93.0. The Kier molecular flexibility index (Phi) is 39.9. The highest BCUT2D eigenvalue weighted by molar-refractivity contribution is 6.01. The number of rotatable bonds is 50. The molecule has 2 aromatic rings. The summed E-state index contributed by atoms with van der Waals surface area (Å²) >= 11 is 0. The first-order valence-corrected chi connectivity index (χ1v) is 37.8. The molecule has 2 aliphatic heterocycles. The Balaban J connectivity index is 1.53. The van der Waals surface area contributed by atoms with Crippen molar-refractivity contribution in [3.63, 3.8) is 0 Å². The van der Waals surface area contributed by atoms with Crippen molar-refractivity contribution in [1.29, 1.82) is 5.41 Å². The first-order valence-electron chi connectivity index (χ1n) is 37.8. The Labute approximate surface area is 644 Å². The smallest absolute Gasteiger partial charge is 0.326 e. The van der Waals surface area contributed by atoms with Crippen LogP contribution in [0.3, 0.4) is 0 Å². The zero-order valence-electron chi connectivity index (χ0n) is 64.0. The summed E-state index contributed by atoms with van der Waals surface area (Å²) in [5, 5.41) is 75.6. The number of hydrogen-bond acceptors (Lipinski definition) is 21. The molecule has 1 aromatic heterocycles. The number of aromatic amines is 1. The summed E-state index contributed by atoms with van der Waals surface area (Å²) in [6.45, 7) is 9.66. The van der Waals surface area contributed by atoms with E-state index < -0.39 is 193 Å². The molecule has 111 heavy (non-hydrogen) atoms. The summed E-state index contributed by atoms with van der Waals surface area (Å²) in [6, 6.07) is -10.2. The minimum Gasteiger partial charge on any atom is -0.481 e. The molecule has 0 radical (unpaired) electrons.